The quantitative estimate of drug-likeness (QED) is 0.763. The molecular weight excluding hydrogens is 212 g/mol. The summed E-state index contributed by atoms with van der Waals surface area (Å²) in [6.07, 6.45) is 0. The van der Waals surface area contributed by atoms with Crippen molar-refractivity contribution in [3.63, 3.8) is 0 Å². The maximum atomic E-state index is 11.9. The minimum atomic E-state index is -2.94. The summed E-state index contributed by atoms with van der Waals surface area (Å²) < 4.78 is 28.0. The maximum Gasteiger partial charge on any atom is 0.387 e. The number of nitrogens with zero attached hydrogens (tertiary/aromatic N) is 1. The lowest BCUT2D eigenvalue weighted by Crippen LogP contribution is -2.03. The molecule has 1 rings (SSSR count). The van der Waals surface area contributed by atoms with Crippen LogP contribution in [0.25, 0.3) is 0 Å². The average Bonchev–Trinajstić information content (AvgIpc) is 2.09. The molecule has 0 saturated carbocycles. The van der Waals surface area contributed by atoms with Crippen molar-refractivity contribution in [3.8, 4) is 11.8 Å². The van der Waals surface area contributed by atoms with Crippen LogP contribution in [0.15, 0.2) is 12.1 Å². The van der Waals surface area contributed by atoms with Crippen LogP contribution in [0.4, 0.5) is 8.78 Å². The number of nitriles is 1. The first-order valence-electron chi connectivity index (χ1n) is 3.69. The van der Waals surface area contributed by atoms with Crippen LogP contribution in [0, 0.1) is 18.3 Å². The van der Waals surface area contributed by atoms with Crippen molar-refractivity contribution in [1.82, 2.24) is 0 Å². The fourth-order valence-corrected chi connectivity index (χ4v) is 1.19. The molecule has 5 heteroatoms. The van der Waals surface area contributed by atoms with E-state index in [0.29, 0.717) is 5.56 Å². The monoisotopic (exact) mass is 217 g/mol. The normalized spacial score (nSPS) is 10.0. The van der Waals surface area contributed by atoms with Gasteiger partial charge in [-0.05, 0) is 24.6 Å². The van der Waals surface area contributed by atoms with Crippen LogP contribution >= 0.6 is 11.6 Å². The first-order valence-corrected chi connectivity index (χ1v) is 4.07. The summed E-state index contributed by atoms with van der Waals surface area (Å²) in [5.74, 6) is -0.168. The molecule has 0 amide bonds. The van der Waals surface area contributed by atoms with E-state index >= 15 is 0 Å². The van der Waals surface area contributed by atoms with E-state index in [2.05, 4.69) is 4.74 Å². The van der Waals surface area contributed by atoms with E-state index in [9.17, 15) is 8.78 Å². The summed E-state index contributed by atoms with van der Waals surface area (Å²) in [4.78, 5) is 0. The molecule has 0 aliphatic carbocycles. The fraction of sp³-hybridized carbons (Fsp3) is 0.222. The average molecular weight is 218 g/mol. The summed E-state index contributed by atoms with van der Waals surface area (Å²) in [6, 6.07) is 4.65. The number of aryl methyl sites for hydroxylation is 1. The SMILES string of the molecule is Cc1cc(C#N)c(Cl)c(OC(F)F)c1. The molecule has 0 atom stereocenters. The van der Waals surface area contributed by atoms with E-state index < -0.39 is 6.61 Å². The molecule has 1 aromatic rings. The highest BCUT2D eigenvalue weighted by atomic mass is 35.5. The second kappa shape index (κ2) is 4.25. The maximum absolute atomic E-state index is 11.9. The van der Waals surface area contributed by atoms with Gasteiger partial charge in [0.15, 0.2) is 0 Å². The van der Waals surface area contributed by atoms with Gasteiger partial charge in [-0.2, -0.15) is 14.0 Å². The van der Waals surface area contributed by atoms with Crippen molar-refractivity contribution >= 4 is 11.6 Å². The van der Waals surface area contributed by atoms with E-state index in [-0.39, 0.29) is 16.3 Å². The summed E-state index contributed by atoms with van der Waals surface area (Å²) >= 11 is 5.64. The van der Waals surface area contributed by atoms with E-state index in [1.807, 2.05) is 0 Å². The molecule has 0 radical (unpaired) electrons. The van der Waals surface area contributed by atoms with Crippen molar-refractivity contribution in [3.05, 3.63) is 28.3 Å². The van der Waals surface area contributed by atoms with Gasteiger partial charge >= 0.3 is 6.61 Å². The topological polar surface area (TPSA) is 33.0 Å². The Bertz CT molecular complexity index is 387. The number of rotatable bonds is 2. The Balaban J connectivity index is 3.17. The first kappa shape index (κ1) is 10.7. The lowest BCUT2D eigenvalue weighted by atomic mass is 10.1. The molecule has 2 nitrogen and oxygen atoms in total. The molecule has 0 spiro atoms. The first-order chi connectivity index (χ1) is 6.54. The van der Waals surface area contributed by atoms with Gasteiger partial charge in [0.25, 0.3) is 0 Å². The number of hydrogen-bond acceptors (Lipinski definition) is 2. The number of benzene rings is 1. The highest BCUT2D eigenvalue weighted by Crippen LogP contribution is 2.30. The molecule has 0 fully saturated rings. The zero-order valence-corrected chi connectivity index (χ0v) is 7.98. The molecule has 0 N–H and O–H groups in total. The van der Waals surface area contributed by atoms with Gasteiger partial charge in [0.05, 0.1) is 5.56 Å². The molecule has 0 aromatic heterocycles. The third-order valence-electron chi connectivity index (χ3n) is 1.52. The molecule has 0 bridgehead atoms. The number of ether oxygens (including phenoxy) is 1. The van der Waals surface area contributed by atoms with Crippen molar-refractivity contribution < 1.29 is 13.5 Å². The fourth-order valence-electron chi connectivity index (χ4n) is 0.999. The molecule has 0 aliphatic rings. The van der Waals surface area contributed by atoms with Crippen molar-refractivity contribution in [2.24, 2.45) is 0 Å². The Morgan fingerprint density at radius 3 is 2.64 bits per heavy atom. The largest absolute Gasteiger partial charge is 0.433 e. The molecule has 0 unspecified atom stereocenters. The van der Waals surface area contributed by atoms with Crippen LogP contribution in [0.5, 0.6) is 5.75 Å². The minimum absolute atomic E-state index is 0.0848. The van der Waals surface area contributed by atoms with Crippen LogP contribution < -0.4 is 4.74 Å². The smallest absolute Gasteiger partial charge is 0.387 e. The van der Waals surface area contributed by atoms with E-state index in [4.69, 9.17) is 16.9 Å². The predicted octanol–water partition coefficient (Wildman–Crippen LogP) is 3.12. The Labute approximate surface area is 84.7 Å². The Morgan fingerprint density at radius 2 is 2.14 bits per heavy atom. The lowest BCUT2D eigenvalue weighted by molar-refractivity contribution is -0.0498. The van der Waals surface area contributed by atoms with E-state index in [1.165, 1.54) is 12.1 Å². The minimum Gasteiger partial charge on any atom is -0.433 e. The second-order valence-electron chi connectivity index (χ2n) is 2.61. The van der Waals surface area contributed by atoms with Gasteiger partial charge in [0, 0.05) is 0 Å². The van der Waals surface area contributed by atoms with Gasteiger partial charge in [-0.1, -0.05) is 11.6 Å². The van der Waals surface area contributed by atoms with E-state index in [1.54, 1.807) is 13.0 Å². The number of alkyl halides is 2. The highest BCUT2D eigenvalue weighted by molar-refractivity contribution is 6.33. The zero-order valence-electron chi connectivity index (χ0n) is 7.22. The zero-order chi connectivity index (χ0) is 10.7. The van der Waals surface area contributed by atoms with Crippen LogP contribution in [-0.4, -0.2) is 6.61 Å². The highest BCUT2D eigenvalue weighted by Gasteiger charge is 2.12. The van der Waals surface area contributed by atoms with Gasteiger partial charge in [0.1, 0.15) is 16.8 Å². The molecule has 0 heterocycles. The molecule has 1 aromatic carbocycles. The van der Waals surface area contributed by atoms with Gasteiger partial charge in [-0.15, -0.1) is 0 Å². The van der Waals surface area contributed by atoms with Gasteiger partial charge in [0.2, 0.25) is 0 Å². The van der Waals surface area contributed by atoms with Crippen LogP contribution in [-0.2, 0) is 0 Å². The molecule has 74 valence electrons. The Hall–Kier alpha value is -1.34. The number of halogens is 3. The van der Waals surface area contributed by atoms with Gasteiger partial charge < -0.3 is 4.74 Å². The van der Waals surface area contributed by atoms with E-state index in [0.717, 1.165) is 0 Å². The molecule has 0 saturated heterocycles. The van der Waals surface area contributed by atoms with Gasteiger partial charge in [-0.3, -0.25) is 0 Å². The summed E-state index contributed by atoms with van der Waals surface area (Å²) in [6.45, 7) is -1.28. The van der Waals surface area contributed by atoms with Crippen molar-refractivity contribution in [2.75, 3.05) is 0 Å². The van der Waals surface area contributed by atoms with Crippen LogP contribution in [0.3, 0.4) is 0 Å². The predicted molar refractivity (Wildman–Crippen MR) is 47.5 cm³/mol. The van der Waals surface area contributed by atoms with Crippen molar-refractivity contribution in [2.45, 2.75) is 13.5 Å². The van der Waals surface area contributed by atoms with Gasteiger partial charge in [-0.25, -0.2) is 0 Å². The van der Waals surface area contributed by atoms with Crippen molar-refractivity contribution in [1.29, 1.82) is 5.26 Å². The molecule has 0 aliphatic heterocycles. The Morgan fingerprint density at radius 1 is 1.50 bits per heavy atom. The summed E-state index contributed by atoms with van der Waals surface area (Å²) in [5, 5.41) is 8.54. The third kappa shape index (κ3) is 2.33. The summed E-state index contributed by atoms with van der Waals surface area (Å²) in [7, 11) is 0. The lowest BCUT2D eigenvalue weighted by Gasteiger charge is -2.08. The number of hydrogen-bond donors (Lipinski definition) is 0. The summed E-state index contributed by atoms with van der Waals surface area (Å²) in [5.41, 5.74) is 0.768. The standard InChI is InChI=1S/C9H6ClF2NO/c1-5-2-6(4-13)8(10)7(3-5)14-9(11)12/h2-3,9H,1H3. The third-order valence-corrected chi connectivity index (χ3v) is 1.91. The molecule has 14 heavy (non-hydrogen) atoms. The molecular formula is C9H6ClF2NO. The van der Waals surface area contributed by atoms with Crippen LogP contribution in [0.2, 0.25) is 5.02 Å². The second-order valence-corrected chi connectivity index (χ2v) is 2.99. The Kier molecular flexibility index (Phi) is 3.26. The van der Waals surface area contributed by atoms with Crippen LogP contribution in [0.1, 0.15) is 11.1 Å².